The number of benzene rings is 3. The van der Waals surface area contributed by atoms with Crippen LogP contribution in [0.5, 0.6) is 11.5 Å². The van der Waals surface area contributed by atoms with Crippen molar-refractivity contribution >= 4 is 45.7 Å². The first kappa shape index (κ1) is 21.5. The number of hydrogen-bond donors (Lipinski definition) is 1. The lowest BCUT2D eigenvalue weighted by Crippen LogP contribution is -2.27. The van der Waals surface area contributed by atoms with Crippen LogP contribution in [0.25, 0.3) is 16.8 Å². The molecule has 7 nitrogen and oxygen atoms in total. The summed E-state index contributed by atoms with van der Waals surface area (Å²) in [5, 5.41) is 10.6. The SMILES string of the molecule is COc1cccc(C=C2SC(=O)N(Cc3cccc4ccccc34)C2=O)c1OCC(=O)O. The summed E-state index contributed by atoms with van der Waals surface area (Å²) in [6.07, 6.45) is 1.52. The van der Waals surface area contributed by atoms with Crippen molar-refractivity contribution in [2.75, 3.05) is 13.7 Å². The van der Waals surface area contributed by atoms with Crippen LogP contribution in [0, 0.1) is 0 Å². The van der Waals surface area contributed by atoms with Gasteiger partial charge in [-0.25, -0.2) is 4.79 Å². The van der Waals surface area contributed by atoms with Gasteiger partial charge in [0, 0.05) is 5.56 Å². The molecule has 2 amide bonds. The molecule has 0 aromatic heterocycles. The number of imide groups is 1. The molecule has 3 aromatic carbocycles. The van der Waals surface area contributed by atoms with Gasteiger partial charge in [0.05, 0.1) is 18.6 Å². The van der Waals surface area contributed by atoms with Gasteiger partial charge >= 0.3 is 5.97 Å². The normalized spacial score (nSPS) is 14.9. The van der Waals surface area contributed by atoms with E-state index in [9.17, 15) is 14.4 Å². The number of hydrogen-bond acceptors (Lipinski definition) is 6. The highest BCUT2D eigenvalue weighted by Gasteiger charge is 2.35. The van der Waals surface area contributed by atoms with E-state index in [-0.39, 0.29) is 22.4 Å². The largest absolute Gasteiger partial charge is 0.493 e. The summed E-state index contributed by atoms with van der Waals surface area (Å²) in [4.78, 5) is 38.1. The molecule has 1 aliphatic rings. The lowest BCUT2D eigenvalue weighted by molar-refractivity contribution is -0.139. The van der Waals surface area contributed by atoms with Crippen LogP contribution in [0.2, 0.25) is 0 Å². The Morgan fingerprint density at radius 1 is 1.06 bits per heavy atom. The second kappa shape index (κ2) is 9.15. The summed E-state index contributed by atoms with van der Waals surface area (Å²) in [6, 6.07) is 18.6. The first-order valence-electron chi connectivity index (χ1n) is 9.71. The predicted octanol–water partition coefficient (Wildman–Crippen LogP) is 4.55. The zero-order valence-corrected chi connectivity index (χ0v) is 17.9. The highest BCUT2D eigenvalue weighted by Crippen LogP contribution is 2.38. The molecule has 1 N–H and O–H groups in total. The lowest BCUT2D eigenvalue weighted by Gasteiger charge is -2.14. The molecule has 0 unspecified atom stereocenters. The highest BCUT2D eigenvalue weighted by molar-refractivity contribution is 8.18. The number of carbonyl (C=O) groups excluding carboxylic acids is 2. The van der Waals surface area contributed by atoms with Gasteiger partial charge in [-0.2, -0.15) is 0 Å². The van der Waals surface area contributed by atoms with Crippen LogP contribution >= 0.6 is 11.8 Å². The molecule has 162 valence electrons. The number of nitrogens with zero attached hydrogens (tertiary/aromatic N) is 1. The molecule has 0 saturated carbocycles. The van der Waals surface area contributed by atoms with Gasteiger partial charge in [0.15, 0.2) is 18.1 Å². The molecule has 1 fully saturated rings. The lowest BCUT2D eigenvalue weighted by atomic mass is 10.0. The van der Waals surface area contributed by atoms with E-state index in [4.69, 9.17) is 14.6 Å². The van der Waals surface area contributed by atoms with Gasteiger partial charge < -0.3 is 14.6 Å². The molecule has 4 rings (SSSR count). The standard InChI is InChI=1S/C24H19NO6S/c1-30-19-11-5-8-16(22(19)31-14-21(26)27)12-20-23(28)25(24(29)32-20)13-17-9-4-7-15-6-2-3-10-18(15)17/h2-12H,13-14H2,1H3,(H,26,27). The summed E-state index contributed by atoms with van der Waals surface area (Å²) >= 11 is 0.834. The molecular formula is C24H19NO6S. The van der Waals surface area contributed by atoms with E-state index < -0.39 is 18.5 Å². The van der Waals surface area contributed by atoms with Gasteiger partial charge in [0.1, 0.15) is 0 Å². The van der Waals surface area contributed by atoms with Gasteiger partial charge in [-0.3, -0.25) is 14.5 Å². The molecule has 0 aliphatic carbocycles. The number of rotatable bonds is 7. The Bertz CT molecular complexity index is 1250. The molecule has 0 bridgehead atoms. The van der Waals surface area contributed by atoms with Crippen molar-refractivity contribution in [1.29, 1.82) is 0 Å². The average Bonchev–Trinajstić information content (AvgIpc) is 3.05. The van der Waals surface area contributed by atoms with Crippen molar-refractivity contribution in [3.63, 3.8) is 0 Å². The van der Waals surface area contributed by atoms with E-state index in [2.05, 4.69) is 0 Å². The second-order valence-electron chi connectivity index (χ2n) is 6.97. The topological polar surface area (TPSA) is 93.1 Å². The van der Waals surface area contributed by atoms with Crippen LogP contribution in [0.15, 0.2) is 65.6 Å². The third-order valence-corrected chi connectivity index (χ3v) is 5.85. The Morgan fingerprint density at radius 2 is 1.81 bits per heavy atom. The maximum Gasteiger partial charge on any atom is 0.341 e. The van der Waals surface area contributed by atoms with Crippen molar-refractivity contribution < 1.29 is 29.0 Å². The number of aliphatic carboxylic acids is 1. The summed E-state index contributed by atoms with van der Waals surface area (Å²) in [5.41, 5.74) is 1.32. The average molecular weight is 449 g/mol. The van der Waals surface area contributed by atoms with Crippen LogP contribution in [0.3, 0.4) is 0 Å². The maximum absolute atomic E-state index is 13.0. The molecule has 3 aromatic rings. The monoisotopic (exact) mass is 449 g/mol. The van der Waals surface area contributed by atoms with Gasteiger partial charge in [0.2, 0.25) is 0 Å². The second-order valence-corrected chi connectivity index (χ2v) is 7.96. The minimum Gasteiger partial charge on any atom is -0.493 e. The first-order valence-corrected chi connectivity index (χ1v) is 10.5. The molecule has 1 saturated heterocycles. The summed E-state index contributed by atoms with van der Waals surface area (Å²) in [6.45, 7) is -0.409. The van der Waals surface area contributed by atoms with Crippen molar-refractivity contribution in [1.82, 2.24) is 4.90 Å². The Kier molecular flexibility index (Phi) is 6.13. The number of carboxylic acids is 1. The number of carboxylic acid groups (broad SMARTS) is 1. The Hall–Kier alpha value is -3.78. The van der Waals surface area contributed by atoms with E-state index in [1.165, 1.54) is 18.1 Å². The van der Waals surface area contributed by atoms with Crippen LogP contribution in [-0.4, -0.2) is 40.8 Å². The van der Waals surface area contributed by atoms with E-state index in [0.29, 0.717) is 11.3 Å². The molecule has 8 heteroatoms. The highest BCUT2D eigenvalue weighted by atomic mass is 32.2. The molecule has 0 radical (unpaired) electrons. The van der Waals surface area contributed by atoms with Gasteiger partial charge in [-0.05, 0) is 40.2 Å². The Balaban J connectivity index is 1.64. The number of carbonyl (C=O) groups is 3. The minimum atomic E-state index is -1.14. The molecule has 32 heavy (non-hydrogen) atoms. The fourth-order valence-corrected chi connectivity index (χ4v) is 4.30. The fourth-order valence-electron chi connectivity index (χ4n) is 3.47. The number of amides is 2. The van der Waals surface area contributed by atoms with Crippen LogP contribution in [0.1, 0.15) is 11.1 Å². The van der Waals surface area contributed by atoms with Crippen LogP contribution in [-0.2, 0) is 16.1 Å². The van der Waals surface area contributed by atoms with Gasteiger partial charge in [0.25, 0.3) is 11.1 Å². The molecule has 0 atom stereocenters. The van der Waals surface area contributed by atoms with Crippen molar-refractivity contribution in [2.45, 2.75) is 6.54 Å². The molecule has 1 heterocycles. The van der Waals surface area contributed by atoms with Crippen molar-refractivity contribution in [2.24, 2.45) is 0 Å². The van der Waals surface area contributed by atoms with E-state index in [1.807, 2.05) is 42.5 Å². The fraction of sp³-hybridized carbons (Fsp3) is 0.125. The summed E-state index contributed by atoms with van der Waals surface area (Å²) < 4.78 is 10.6. The third-order valence-electron chi connectivity index (χ3n) is 4.94. The molecular weight excluding hydrogens is 430 g/mol. The van der Waals surface area contributed by atoms with Crippen molar-refractivity contribution in [3.8, 4) is 11.5 Å². The third kappa shape index (κ3) is 4.31. The van der Waals surface area contributed by atoms with Gasteiger partial charge in [-0.1, -0.05) is 54.6 Å². The summed E-state index contributed by atoms with van der Waals surface area (Å²) in [7, 11) is 1.44. The van der Waals surface area contributed by atoms with Crippen LogP contribution < -0.4 is 9.47 Å². The minimum absolute atomic E-state index is 0.157. The quantitative estimate of drug-likeness (QED) is 0.529. The Morgan fingerprint density at radius 3 is 2.59 bits per heavy atom. The van der Waals surface area contributed by atoms with Gasteiger partial charge in [-0.15, -0.1) is 0 Å². The van der Waals surface area contributed by atoms with E-state index >= 15 is 0 Å². The number of thioether (sulfide) groups is 1. The first-order chi connectivity index (χ1) is 15.5. The molecule has 0 spiro atoms. The smallest absolute Gasteiger partial charge is 0.341 e. The Labute approximate surface area is 188 Å². The number of methoxy groups -OCH3 is 1. The van der Waals surface area contributed by atoms with E-state index in [1.54, 1.807) is 18.2 Å². The number of para-hydroxylation sites is 1. The zero-order chi connectivity index (χ0) is 22.7. The van der Waals surface area contributed by atoms with Crippen molar-refractivity contribution in [3.05, 3.63) is 76.7 Å². The van der Waals surface area contributed by atoms with E-state index in [0.717, 1.165) is 28.1 Å². The maximum atomic E-state index is 13.0. The summed E-state index contributed by atoms with van der Waals surface area (Å²) in [5.74, 6) is -1.04. The zero-order valence-electron chi connectivity index (χ0n) is 17.1. The molecule has 1 aliphatic heterocycles. The van der Waals surface area contributed by atoms with Crippen LogP contribution in [0.4, 0.5) is 4.79 Å². The number of fused-ring (bicyclic) bond motifs is 1. The number of ether oxygens (including phenoxy) is 2. The predicted molar refractivity (Wildman–Crippen MR) is 122 cm³/mol.